The zero-order chi connectivity index (χ0) is 14.8. The van der Waals surface area contributed by atoms with Gasteiger partial charge in [0, 0.05) is 12.8 Å². The Morgan fingerprint density at radius 1 is 1.14 bits per heavy atom. The molecule has 3 saturated carbocycles. The fraction of sp³-hybridized carbons (Fsp3) is 0.750. The van der Waals surface area contributed by atoms with Crippen LogP contribution in [0.1, 0.15) is 65.2 Å². The zero-order valence-corrected chi connectivity index (χ0v) is 13.6. The van der Waals surface area contributed by atoms with E-state index in [1.807, 2.05) is 0 Å². The van der Waals surface area contributed by atoms with Crippen molar-refractivity contribution in [2.24, 2.45) is 28.6 Å². The Morgan fingerprint density at radius 2 is 1.95 bits per heavy atom. The molecule has 0 aromatic heterocycles. The van der Waals surface area contributed by atoms with Crippen LogP contribution in [0.25, 0.3) is 0 Å². The smallest absolute Gasteiger partial charge is 0.133 e. The van der Waals surface area contributed by atoms with Gasteiger partial charge < -0.3 is 0 Å². The summed E-state index contributed by atoms with van der Waals surface area (Å²) >= 11 is 0. The molecular weight excluding hydrogens is 256 g/mol. The Hall–Kier alpha value is -0.850. The fourth-order valence-corrected chi connectivity index (χ4v) is 6.23. The molecule has 0 bridgehead atoms. The molecule has 0 radical (unpaired) electrons. The number of fused-ring (bicyclic) bond motifs is 5. The van der Waals surface area contributed by atoms with Crippen LogP contribution in [0.5, 0.6) is 0 Å². The fourth-order valence-electron chi connectivity index (χ4n) is 6.23. The third-order valence-electron chi connectivity index (χ3n) is 7.80. The lowest BCUT2D eigenvalue weighted by Crippen LogP contribution is -2.47. The number of rotatable bonds is 0. The maximum atomic E-state index is 11.9. The molecule has 2 unspecified atom stereocenters. The highest BCUT2D eigenvalue weighted by molar-refractivity contribution is 5.80. The standard InChI is InChI=1S/C20H28O/c1-13-4-7-17-16-6-5-14-12-15(21)8-10-20(14,3)18(16)9-11-19(13,17)2/h9,14,16-17H,1,4-8,10-12H2,2-3H3/t14-,16?,17?,19-,20+/m1/s1. The SMILES string of the molecule is C=C1CCC2C3CC[C@@H]4CC(=O)CC[C@]4(C)C3=CC[C@]12C. The molecule has 0 spiro atoms. The maximum absolute atomic E-state index is 11.9. The molecule has 0 heterocycles. The van der Waals surface area contributed by atoms with Crippen molar-refractivity contribution in [1.82, 2.24) is 0 Å². The van der Waals surface area contributed by atoms with Crippen molar-refractivity contribution >= 4 is 5.78 Å². The Kier molecular flexibility index (Phi) is 2.85. The highest BCUT2D eigenvalue weighted by Crippen LogP contribution is 2.64. The van der Waals surface area contributed by atoms with Gasteiger partial charge in [0.25, 0.3) is 0 Å². The van der Waals surface area contributed by atoms with Crippen LogP contribution < -0.4 is 0 Å². The quantitative estimate of drug-likeness (QED) is 0.567. The number of hydrogen-bond acceptors (Lipinski definition) is 1. The van der Waals surface area contributed by atoms with Crippen molar-refractivity contribution in [3.63, 3.8) is 0 Å². The summed E-state index contributed by atoms with van der Waals surface area (Å²) < 4.78 is 0. The summed E-state index contributed by atoms with van der Waals surface area (Å²) in [6, 6.07) is 0. The molecule has 114 valence electrons. The van der Waals surface area contributed by atoms with Gasteiger partial charge in [-0.25, -0.2) is 0 Å². The maximum Gasteiger partial charge on any atom is 0.133 e. The van der Waals surface area contributed by atoms with Crippen LogP contribution in [-0.2, 0) is 4.79 Å². The van der Waals surface area contributed by atoms with E-state index in [0.717, 1.165) is 31.1 Å². The molecule has 21 heavy (non-hydrogen) atoms. The van der Waals surface area contributed by atoms with Crippen LogP contribution in [0.15, 0.2) is 23.8 Å². The van der Waals surface area contributed by atoms with Crippen molar-refractivity contribution in [3.8, 4) is 0 Å². The molecule has 0 amide bonds. The van der Waals surface area contributed by atoms with Crippen molar-refractivity contribution in [3.05, 3.63) is 23.8 Å². The van der Waals surface area contributed by atoms with E-state index in [1.165, 1.54) is 37.7 Å². The van der Waals surface area contributed by atoms with E-state index in [-0.39, 0.29) is 0 Å². The van der Waals surface area contributed by atoms with Crippen LogP contribution in [0, 0.1) is 28.6 Å². The van der Waals surface area contributed by atoms with Gasteiger partial charge in [-0.1, -0.05) is 37.6 Å². The molecule has 0 N–H and O–H groups in total. The van der Waals surface area contributed by atoms with Crippen LogP contribution in [0.4, 0.5) is 0 Å². The van der Waals surface area contributed by atoms with Crippen molar-refractivity contribution in [2.75, 3.05) is 0 Å². The lowest BCUT2D eigenvalue weighted by molar-refractivity contribution is -0.125. The first-order valence-corrected chi connectivity index (χ1v) is 8.85. The normalized spacial score (nSPS) is 49.2. The number of Topliss-reactive ketones (excluding diaryl/α,β-unsaturated/α-hetero) is 1. The van der Waals surface area contributed by atoms with E-state index in [0.29, 0.717) is 22.5 Å². The summed E-state index contributed by atoms with van der Waals surface area (Å²) in [5.41, 5.74) is 3.92. The van der Waals surface area contributed by atoms with Crippen molar-refractivity contribution in [1.29, 1.82) is 0 Å². The molecule has 3 fully saturated rings. The van der Waals surface area contributed by atoms with Gasteiger partial charge >= 0.3 is 0 Å². The van der Waals surface area contributed by atoms with E-state index in [4.69, 9.17) is 0 Å². The minimum absolute atomic E-state index is 0.322. The summed E-state index contributed by atoms with van der Waals surface area (Å²) in [5.74, 6) is 2.72. The molecule has 4 aliphatic carbocycles. The third kappa shape index (κ3) is 1.72. The van der Waals surface area contributed by atoms with E-state index < -0.39 is 0 Å². The number of carbonyl (C=O) groups excluding carboxylic acids is 1. The third-order valence-corrected chi connectivity index (χ3v) is 7.80. The predicted molar refractivity (Wildman–Crippen MR) is 85.9 cm³/mol. The summed E-state index contributed by atoms with van der Waals surface area (Å²) in [4.78, 5) is 11.9. The van der Waals surface area contributed by atoms with Gasteiger partial charge in [-0.2, -0.15) is 0 Å². The first-order chi connectivity index (χ1) is 9.95. The van der Waals surface area contributed by atoms with Gasteiger partial charge in [0.1, 0.15) is 5.78 Å². The van der Waals surface area contributed by atoms with Crippen LogP contribution in [-0.4, -0.2) is 5.78 Å². The second kappa shape index (κ2) is 4.33. The highest BCUT2D eigenvalue weighted by Gasteiger charge is 2.55. The Bertz CT molecular complexity index is 542. The largest absolute Gasteiger partial charge is 0.300 e. The number of hydrogen-bond donors (Lipinski definition) is 0. The molecule has 0 aliphatic heterocycles. The van der Waals surface area contributed by atoms with Gasteiger partial charge in [-0.05, 0) is 67.1 Å². The summed E-state index contributed by atoms with van der Waals surface area (Å²) in [6.45, 7) is 9.31. The molecule has 1 nitrogen and oxygen atoms in total. The van der Waals surface area contributed by atoms with Gasteiger partial charge in [-0.15, -0.1) is 0 Å². The molecule has 4 rings (SSSR count). The minimum Gasteiger partial charge on any atom is -0.300 e. The summed E-state index contributed by atoms with van der Waals surface area (Å²) in [7, 11) is 0. The van der Waals surface area contributed by atoms with Gasteiger partial charge in [-0.3, -0.25) is 4.79 Å². The van der Waals surface area contributed by atoms with Gasteiger partial charge in [0.05, 0.1) is 0 Å². The van der Waals surface area contributed by atoms with E-state index in [9.17, 15) is 4.79 Å². The molecule has 1 heteroatoms. The van der Waals surface area contributed by atoms with E-state index in [1.54, 1.807) is 5.57 Å². The predicted octanol–water partition coefficient (Wildman–Crippen LogP) is 5.07. The van der Waals surface area contributed by atoms with Crippen LogP contribution >= 0.6 is 0 Å². The van der Waals surface area contributed by atoms with Crippen molar-refractivity contribution < 1.29 is 4.79 Å². The Labute approximate surface area is 128 Å². The van der Waals surface area contributed by atoms with Crippen LogP contribution in [0.3, 0.4) is 0 Å². The number of ketones is 1. The monoisotopic (exact) mass is 284 g/mol. The minimum atomic E-state index is 0.322. The summed E-state index contributed by atoms with van der Waals surface area (Å²) in [5, 5.41) is 0. The average Bonchev–Trinajstić information content (AvgIpc) is 2.76. The molecular formula is C20H28O. The lowest BCUT2D eigenvalue weighted by atomic mass is 9.49. The molecule has 4 aliphatic rings. The molecule has 0 aromatic carbocycles. The number of carbonyl (C=O) groups is 1. The second-order valence-corrected chi connectivity index (χ2v) is 8.57. The highest BCUT2D eigenvalue weighted by atomic mass is 16.1. The topological polar surface area (TPSA) is 17.1 Å². The van der Waals surface area contributed by atoms with Crippen LogP contribution in [0.2, 0.25) is 0 Å². The summed E-state index contributed by atoms with van der Waals surface area (Å²) in [6.07, 6.45) is 11.7. The first kappa shape index (κ1) is 13.8. The lowest BCUT2D eigenvalue weighted by Gasteiger charge is -2.55. The Balaban J connectivity index is 1.72. The molecule has 0 saturated heterocycles. The van der Waals surface area contributed by atoms with Gasteiger partial charge in [0.2, 0.25) is 0 Å². The first-order valence-electron chi connectivity index (χ1n) is 8.85. The van der Waals surface area contributed by atoms with Crippen molar-refractivity contribution in [2.45, 2.75) is 65.2 Å². The second-order valence-electron chi connectivity index (χ2n) is 8.57. The number of allylic oxidation sites excluding steroid dienone is 3. The van der Waals surface area contributed by atoms with Gasteiger partial charge in [0.15, 0.2) is 0 Å². The van der Waals surface area contributed by atoms with E-state index >= 15 is 0 Å². The average molecular weight is 284 g/mol. The van der Waals surface area contributed by atoms with E-state index in [2.05, 4.69) is 26.5 Å². The molecule has 0 aromatic rings. The zero-order valence-electron chi connectivity index (χ0n) is 13.6. The Morgan fingerprint density at radius 3 is 2.76 bits per heavy atom. The molecule has 5 atom stereocenters.